The smallest absolute Gasteiger partial charge is 0.356 e. The van der Waals surface area contributed by atoms with Gasteiger partial charge >= 0.3 is 5.97 Å². The molecule has 0 atom stereocenters. The number of nitrogens with zero attached hydrogens (tertiary/aromatic N) is 1. The molecule has 0 radical (unpaired) electrons. The van der Waals surface area contributed by atoms with Crippen LogP contribution >= 0.6 is 0 Å². The summed E-state index contributed by atoms with van der Waals surface area (Å²) >= 11 is 0. The minimum absolute atomic E-state index is 0.0486. The number of alkyl halides is 2. The van der Waals surface area contributed by atoms with Gasteiger partial charge in [-0.1, -0.05) is 0 Å². The monoisotopic (exact) mass is 217 g/mol. The molecule has 0 saturated carbocycles. The van der Waals surface area contributed by atoms with E-state index in [1.165, 1.54) is 0 Å². The molecule has 0 aliphatic carbocycles. The lowest BCUT2D eigenvalue weighted by molar-refractivity contribution is 0.0691. The Kier molecular flexibility index (Phi) is 3.15. The standard InChI is InChI=1S/C8H9F2N3O2/c9-7(10)4-3(1-11)2-13-6(5(4)12)8(14)15/h2,7H,1,11-12H2,(H,14,15). The summed E-state index contributed by atoms with van der Waals surface area (Å²) in [6.07, 6.45) is -1.87. The van der Waals surface area contributed by atoms with Gasteiger partial charge in [-0.3, -0.25) is 0 Å². The van der Waals surface area contributed by atoms with Crippen molar-refractivity contribution in [2.24, 2.45) is 5.73 Å². The SMILES string of the molecule is NCc1cnc(C(=O)O)c(N)c1C(F)F. The Morgan fingerprint density at radius 3 is 2.60 bits per heavy atom. The summed E-state index contributed by atoms with van der Waals surface area (Å²) in [5.74, 6) is -1.45. The molecule has 1 heterocycles. The highest BCUT2D eigenvalue weighted by atomic mass is 19.3. The second-order valence-electron chi connectivity index (χ2n) is 2.77. The number of carbonyl (C=O) groups is 1. The van der Waals surface area contributed by atoms with E-state index in [-0.39, 0.29) is 12.1 Å². The number of carboxylic acid groups (broad SMARTS) is 1. The van der Waals surface area contributed by atoms with E-state index in [0.717, 1.165) is 6.20 Å². The number of nitrogens with two attached hydrogens (primary N) is 2. The summed E-state index contributed by atoms with van der Waals surface area (Å²) in [6, 6.07) is 0. The van der Waals surface area contributed by atoms with Gasteiger partial charge in [0, 0.05) is 18.3 Å². The molecule has 0 fully saturated rings. The highest BCUT2D eigenvalue weighted by Crippen LogP contribution is 2.29. The molecule has 82 valence electrons. The number of anilines is 1. The molecule has 15 heavy (non-hydrogen) atoms. The van der Waals surface area contributed by atoms with Crippen LogP contribution in [0.1, 0.15) is 28.0 Å². The zero-order valence-corrected chi connectivity index (χ0v) is 7.58. The van der Waals surface area contributed by atoms with Crippen LogP contribution in [0.5, 0.6) is 0 Å². The number of hydrogen-bond donors (Lipinski definition) is 3. The fraction of sp³-hybridized carbons (Fsp3) is 0.250. The fourth-order valence-corrected chi connectivity index (χ4v) is 1.17. The quantitative estimate of drug-likeness (QED) is 0.693. The summed E-state index contributed by atoms with van der Waals surface area (Å²) in [7, 11) is 0. The Balaban J connectivity index is 3.42. The zero-order chi connectivity index (χ0) is 11.6. The van der Waals surface area contributed by atoms with Crippen molar-refractivity contribution >= 4 is 11.7 Å². The molecule has 0 aliphatic heterocycles. The molecule has 1 rings (SSSR count). The van der Waals surface area contributed by atoms with Crippen LogP contribution in [0.4, 0.5) is 14.5 Å². The first-order valence-corrected chi connectivity index (χ1v) is 3.97. The zero-order valence-electron chi connectivity index (χ0n) is 7.58. The maximum Gasteiger partial charge on any atom is 0.356 e. The molecule has 0 unspecified atom stereocenters. The molecule has 0 aromatic carbocycles. The van der Waals surface area contributed by atoms with Crippen LogP contribution in [0.15, 0.2) is 6.20 Å². The molecule has 0 bridgehead atoms. The van der Waals surface area contributed by atoms with Gasteiger partial charge < -0.3 is 16.6 Å². The van der Waals surface area contributed by atoms with Gasteiger partial charge in [-0.05, 0) is 5.56 Å². The lowest BCUT2D eigenvalue weighted by atomic mass is 10.1. The third-order valence-corrected chi connectivity index (χ3v) is 1.88. The summed E-state index contributed by atoms with van der Waals surface area (Å²) in [4.78, 5) is 14.0. The van der Waals surface area contributed by atoms with Crippen molar-refractivity contribution in [3.63, 3.8) is 0 Å². The van der Waals surface area contributed by atoms with Gasteiger partial charge in [-0.25, -0.2) is 18.6 Å². The highest BCUT2D eigenvalue weighted by Gasteiger charge is 2.22. The topological polar surface area (TPSA) is 102 Å². The molecule has 0 amide bonds. The Morgan fingerprint density at radius 1 is 1.60 bits per heavy atom. The number of hydrogen-bond acceptors (Lipinski definition) is 4. The van der Waals surface area contributed by atoms with Crippen LogP contribution in [-0.4, -0.2) is 16.1 Å². The number of halogens is 2. The van der Waals surface area contributed by atoms with Crippen molar-refractivity contribution in [3.05, 3.63) is 23.0 Å². The summed E-state index contributed by atoms with van der Waals surface area (Å²) in [5, 5.41) is 8.62. The van der Waals surface area contributed by atoms with Crippen molar-refractivity contribution in [1.29, 1.82) is 0 Å². The van der Waals surface area contributed by atoms with Gasteiger partial charge in [-0.2, -0.15) is 0 Å². The van der Waals surface area contributed by atoms with Crippen molar-refractivity contribution in [2.45, 2.75) is 13.0 Å². The largest absolute Gasteiger partial charge is 0.476 e. The second-order valence-corrected chi connectivity index (χ2v) is 2.77. The van der Waals surface area contributed by atoms with E-state index in [1.807, 2.05) is 0 Å². The number of aromatic nitrogens is 1. The van der Waals surface area contributed by atoms with Crippen LogP contribution in [0.3, 0.4) is 0 Å². The first-order valence-electron chi connectivity index (χ1n) is 3.97. The minimum atomic E-state index is -2.87. The normalized spacial score (nSPS) is 10.7. The molecular weight excluding hydrogens is 208 g/mol. The Bertz CT molecular complexity index is 396. The third kappa shape index (κ3) is 2.01. The van der Waals surface area contributed by atoms with E-state index >= 15 is 0 Å². The molecule has 1 aromatic rings. The van der Waals surface area contributed by atoms with Crippen LogP contribution < -0.4 is 11.5 Å². The van der Waals surface area contributed by atoms with E-state index in [9.17, 15) is 13.6 Å². The molecular formula is C8H9F2N3O2. The Morgan fingerprint density at radius 2 is 2.20 bits per heavy atom. The number of pyridine rings is 1. The van der Waals surface area contributed by atoms with Crippen LogP contribution in [0.25, 0.3) is 0 Å². The number of carboxylic acids is 1. The molecule has 7 heteroatoms. The van der Waals surface area contributed by atoms with E-state index in [1.54, 1.807) is 0 Å². The molecule has 1 aromatic heterocycles. The molecule has 0 aliphatic rings. The lowest BCUT2D eigenvalue weighted by Crippen LogP contribution is -2.13. The highest BCUT2D eigenvalue weighted by molar-refractivity contribution is 5.92. The minimum Gasteiger partial charge on any atom is -0.476 e. The van der Waals surface area contributed by atoms with Crippen LogP contribution in [0, 0.1) is 0 Å². The van der Waals surface area contributed by atoms with Gasteiger partial charge in [0.15, 0.2) is 5.69 Å². The number of aromatic carboxylic acids is 1. The summed E-state index contributed by atoms with van der Waals surface area (Å²) in [5.41, 5.74) is 8.88. The molecule has 5 N–H and O–H groups in total. The van der Waals surface area contributed by atoms with Crippen molar-refractivity contribution in [1.82, 2.24) is 4.98 Å². The van der Waals surface area contributed by atoms with Gasteiger partial charge in [0.2, 0.25) is 0 Å². The maximum absolute atomic E-state index is 12.6. The maximum atomic E-state index is 12.6. The average Bonchev–Trinajstić information content (AvgIpc) is 2.15. The van der Waals surface area contributed by atoms with Crippen LogP contribution in [0.2, 0.25) is 0 Å². The van der Waals surface area contributed by atoms with Gasteiger partial charge in [0.05, 0.1) is 5.69 Å². The Labute approximate surface area is 83.7 Å². The number of nitrogen functional groups attached to an aromatic ring is 1. The van der Waals surface area contributed by atoms with E-state index in [2.05, 4.69) is 4.98 Å². The third-order valence-electron chi connectivity index (χ3n) is 1.88. The van der Waals surface area contributed by atoms with Gasteiger partial charge in [-0.15, -0.1) is 0 Å². The number of rotatable bonds is 3. The molecule has 5 nitrogen and oxygen atoms in total. The Hall–Kier alpha value is -1.76. The fourth-order valence-electron chi connectivity index (χ4n) is 1.17. The van der Waals surface area contributed by atoms with Crippen molar-refractivity contribution in [2.75, 3.05) is 5.73 Å². The molecule has 0 spiro atoms. The van der Waals surface area contributed by atoms with E-state index in [0.29, 0.717) is 0 Å². The summed E-state index contributed by atoms with van der Waals surface area (Å²) < 4.78 is 25.1. The molecule has 0 saturated heterocycles. The van der Waals surface area contributed by atoms with Gasteiger partial charge in [0.1, 0.15) is 0 Å². The summed E-state index contributed by atoms with van der Waals surface area (Å²) in [6.45, 7) is -0.170. The van der Waals surface area contributed by atoms with Crippen LogP contribution in [-0.2, 0) is 6.54 Å². The van der Waals surface area contributed by atoms with Crippen molar-refractivity contribution in [3.8, 4) is 0 Å². The predicted molar refractivity (Wildman–Crippen MR) is 48.5 cm³/mol. The first kappa shape index (κ1) is 11.3. The van der Waals surface area contributed by atoms with E-state index in [4.69, 9.17) is 16.6 Å². The van der Waals surface area contributed by atoms with Crippen molar-refractivity contribution < 1.29 is 18.7 Å². The van der Waals surface area contributed by atoms with E-state index < -0.39 is 29.3 Å². The lowest BCUT2D eigenvalue weighted by Gasteiger charge is -2.11. The average molecular weight is 217 g/mol. The first-order chi connectivity index (χ1) is 6.99. The van der Waals surface area contributed by atoms with Gasteiger partial charge in [0.25, 0.3) is 6.43 Å². The predicted octanol–water partition coefficient (Wildman–Crippen LogP) is 0.758. The second kappa shape index (κ2) is 4.18.